The summed E-state index contributed by atoms with van der Waals surface area (Å²) in [4.78, 5) is 0. The molecule has 0 bridgehead atoms. The molecule has 0 saturated heterocycles. The van der Waals surface area contributed by atoms with Crippen LogP contribution in [0.4, 0.5) is 0 Å². The predicted molar refractivity (Wildman–Crippen MR) is 94.8 cm³/mol. The highest BCUT2D eigenvalue weighted by Crippen LogP contribution is 2.51. The molecule has 0 amide bonds. The molecule has 0 aromatic heterocycles. The lowest BCUT2D eigenvalue weighted by Gasteiger charge is -2.38. The van der Waals surface area contributed by atoms with E-state index >= 15 is 0 Å². The topological polar surface area (TPSA) is 29.1 Å². The SMILES string of the molecule is Brc1ccc2c(c1)CC1(CCC1)C2.CNS(=O)C(C)(C)C. The Labute approximate surface area is 139 Å². The van der Waals surface area contributed by atoms with Crippen LogP contribution in [-0.2, 0) is 23.8 Å². The van der Waals surface area contributed by atoms with Crippen molar-refractivity contribution < 1.29 is 4.21 Å². The van der Waals surface area contributed by atoms with Gasteiger partial charge in [0.1, 0.15) is 0 Å². The first-order valence-corrected chi connectivity index (χ1v) is 9.57. The Bertz CT molecular complexity index is 532. The number of rotatable bonds is 1. The van der Waals surface area contributed by atoms with Crippen molar-refractivity contribution >= 4 is 26.9 Å². The van der Waals surface area contributed by atoms with Crippen molar-refractivity contribution in [2.45, 2.75) is 57.6 Å². The molecule has 1 spiro atoms. The molecule has 4 heteroatoms. The third-order valence-electron chi connectivity index (χ3n) is 4.46. The van der Waals surface area contributed by atoms with Gasteiger partial charge in [-0.25, -0.2) is 8.93 Å². The van der Waals surface area contributed by atoms with Gasteiger partial charge in [0.2, 0.25) is 0 Å². The molecule has 1 unspecified atom stereocenters. The molecule has 118 valence electrons. The van der Waals surface area contributed by atoms with E-state index in [9.17, 15) is 4.21 Å². The van der Waals surface area contributed by atoms with Gasteiger partial charge in [0.25, 0.3) is 0 Å². The number of hydrogen-bond acceptors (Lipinski definition) is 1. The lowest BCUT2D eigenvalue weighted by Crippen LogP contribution is -2.30. The van der Waals surface area contributed by atoms with Crippen LogP contribution in [0.5, 0.6) is 0 Å². The molecule has 3 rings (SSSR count). The molecule has 1 aromatic rings. The summed E-state index contributed by atoms with van der Waals surface area (Å²) in [6.07, 6.45) is 7.05. The van der Waals surface area contributed by atoms with Crippen molar-refractivity contribution in [3.63, 3.8) is 0 Å². The van der Waals surface area contributed by atoms with Crippen molar-refractivity contribution in [3.05, 3.63) is 33.8 Å². The second kappa shape index (κ2) is 6.51. The molecule has 0 radical (unpaired) electrons. The van der Waals surface area contributed by atoms with Crippen molar-refractivity contribution in [1.29, 1.82) is 0 Å². The molecule has 0 heterocycles. The summed E-state index contributed by atoms with van der Waals surface area (Å²) in [5.74, 6) is 0. The second-order valence-corrected chi connectivity index (χ2v) is 10.3. The smallest absolute Gasteiger partial charge is 0.0967 e. The van der Waals surface area contributed by atoms with Crippen LogP contribution in [-0.4, -0.2) is 16.0 Å². The lowest BCUT2D eigenvalue weighted by atomic mass is 9.67. The van der Waals surface area contributed by atoms with Gasteiger partial charge >= 0.3 is 0 Å². The maximum absolute atomic E-state index is 10.8. The van der Waals surface area contributed by atoms with E-state index in [-0.39, 0.29) is 4.75 Å². The summed E-state index contributed by atoms with van der Waals surface area (Å²) in [5, 5.41) is 0. The first-order chi connectivity index (χ1) is 9.76. The van der Waals surface area contributed by atoms with Crippen LogP contribution in [0.15, 0.2) is 22.7 Å². The van der Waals surface area contributed by atoms with Crippen LogP contribution in [0.1, 0.15) is 51.2 Å². The molecule has 1 aromatic carbocycles. The number of halogens is 1. The van der Waals surface area contributed by atoms with E-state index in [1.165, 1.54) is 36.6 Å². The summed E-state index contributed by atoms with van der Waals surface area (Å²) in [6, 6.07) is 6.78. The molecule has 2 aliphatic carbocycles. The molecule has 0 aliphatic heterocycles. The molecule has 1 fully saturated rings. The van der Waals surface area contributed by atoms with Crippen LogP contribution in [0.3, 0.4) is 0 Å². The van der Waals surface area contributed by atoms with E-state index < -0.39 is 11.0 Å². The normalized spacial score (nSPS) is 20.2. The number of nitrogens with one attached hydrogen (secondary N) is 1. The minimum atomic E-state index is -0.894. The molecule has 2 aliphatic rings. The van der Waals surface area contributed by atoms with Gasteiger partial charge in [0.15, 0.2) is 0 Å². The maximum atomic E-state index is 10.8. The molecule has 1 saturated carbocycles. The quantitative estimate of drug-likeness (QED) is 0.779. The Morgan fingerprint density at radius 1 is 1.19 bits per heavy atom. The minimum absolute atomic E-state index is 0.130. The van der Waals surface area contributed by atoms with Crippen molar-refractivity contribution in [3.8, 4) is 0 Å². The Balaban J connectivity index is 0.000000177. The maximum Gasteiger partial charge on any atom is 0.0967 e. The van der Waals surface area contributed by atoms with Gasteiger partial charge in [-0.1, -0.05) is 28.4 Å². The van der Waals surface area contributed by atoms with Gasteiger partial charge in [-0.2, -0.15) is 0 Å². The van der Waals surface area contributed by atoms with Crippen LogP contribution >= 0.6 is 15.9 Å². The van der Waals surface area contributed by atoms with E-state index in [4.69, 9.17) is 0 Å². The Morgan fingerprint density at radius 3 is 2.24 bits per heavy atom. The fourth-order valence-electron chi connectivity index (χ4n) is 3.14. The van der Waals surface area contributed by atoms with Gasteiger partial charge in [-0.05, 0) is 82.2 Å². The number of hydrogen-bond donors (Lipinski definition) is 1. The third-order valence-corrected chi connectivity index (χ3v) is 6.43. The first kappa shape index (κ1) is 17.2. The van der Waals surface area contributed by atoms with E-state index in [0.717, 1.165) is 0 Å². The van der Waals surface area contributed by atoms with Crippen molar-refractivity contribution in [2.75, 3.05) is 7.05 Å². The molecule has 21 heavy (non-hydrogen) atoms. The minimum Gasteiger partial charge on any atom is -0.242 e. The molecule has 1 N–H and O–H groups in total. The standard InChI is InChI=1S/C12H13Br.C5H13NOS/c13-11-3-2-9-7-12(4-1-5-12)8-10(9)6-11;1-5(2,3)8(7)6-4/h2-3,6H,1,4-5,7-8H2;6H,1-4H3. The van der Waals surface area contributed by atoms with Crippen molar-refractivity contribution in [2.24, 2.45) is 5.41 Å². The van der Waals surface area contributed by atoms with E-state index in [1.54, 1.807) is 18.2 Å². The monoisotopic (exact) mass is 371 g/mol. The average molecular weight is 372 g/mol. The third kappa shape index (κ3) is 4.17. The van der Waals surface area contributed by atoms with Crippen molar-refractivity contribution in [1.82, 2.24) is 4.72 Å². The zero-order valence-corrected chi connectivity index (χ0v) is 15.9. The summed E-state index contributed by atoms with van der Waals surface area (Å²) in [7, 11) is 0.802. The van der Waals surface area contributed by atoms with E-state index in [2.05, 4.69) is 38.9 Å². The summed E-state index contributed by atoms with van der Waals surface area (Å²) >= 11 is 3.54. The number of fused-ring (bicyclic) bond motifs is 1. The van der Waals surface area contributed by atoms with Gasteiger partial charge in [0, 0.05) is 4.47 Å². The van der Waals surface area contributed by atoms with Gasteiger partial charge < -0.3 is 0 Å². The number of benzene rings is 1. The van der Waals surface area contributed by atoms with E-state index in [0.29, 0.717) is 5.41 Å². The van der Waals surface area contributed by atoms with Gasteiger partial charge in [-0.3, -0.25) is 0 Å². The van der Waals surface area contributed by atoms with Crippen LogP contribution in [0.25, 0.3) is 0 Å². The predicted octanol–water partition coefficient (Wildman–Crippen LogP) is 4.39. The zero-order chi connectivity index (χ0) is 15.7. The summed E-state index contributed by atoms with van der Waals surface area (Å²) < 4.78 is 14.6. The Kier molecular flexibility index (Phi) is 5.32. The highest BCUT2D eigenvalue weighted by Gasteiger charge is 2.41. The first-order valence-electron chi connectivity index (χ1n) is 7.62. The molecule has 1 atom stereocenters. The highest BCUT2D eigenvalue weighted by molar-refractivity contribution is 9.10. The molecule has 2 nitrogen and oxygen atoms in total. The zero-order valence-electron chi connectivity index (χ0n) is 13.5. The van der Waals surface area contributed by atoms with Crippen LogP contribution < -0.4 is 4.72 Å². The molecular weight excluding hydrogens is 346 g/mol. The Hall–Kier alpha value is -0.190. The van der Waals surface area contributed by atoms with Crippen LogP contribution in [0.2, 0.25) is 0 Å². The summed E-state index contributed by atoms with van der Waals surface area (Å²) in [5.41, 5.74) is 3.89. The van der Waals surface area contributed by atoms with Gasteiger partial charge in [0.05, 0.1) is 15.7 Å². The fourth-order valence-corrected chi connectivity index (χ4v) is 4.16. The largest absolute Gasteiger partial charge is 0.242 e. The van der Waals surface area contributed by atoms with Gasteiger partial charge in [-0.15, -0.1) is 0 Å². The second-order valence-electron chi connectivity index (χ2n) is 7.21. The lowest BCUT2D eigenvalue weighted by molar-refractivity contribution is 0.149. The fraction of sp³-hybridized carbons (Fsp3) is 0.647. The molecular formula is C17H26BrNOS. The van der Waals surface area contributed by atoms with E-state index in [1.807, 2.05) is 20.8 Å². The highest BCUT2D eigenvalue weighted by atomic mass is 79.9. The van der Waals surface area contributed by atoms with Crippen LogP contribution in [0, 0.1) is 5.41 Å². The average Bonchev–Trinajstić information content (AvgIpc) is 2.76. The Morgan fingerprint density at radius 2 is 1.81 bits per heavy atom. The summed E-state index contributed by atoms with van der Waals surface area (Å²) in [6.45, 7) is 5.79.